The van der Waals surface area contributed by atoms with Crippen LogP contribution in [0.25, 0.3) is 0 Å². The van der Waals surface area contributed by atoms with Gasteiger partial charge in [0.25, 0.3) is 0 Å². The van der Waals surface area contributed by atoms with Crippen LogP contribution in [0.1, 0.15) is 40.9 Å². The lowest BCUT2D eigenvalue weighted by Crippen LogP contribution is -2.53. The van der Waals surface area contributed by atoms with Crippen molar-refractivity contribution in [3.8, 4) is 0 Å². The summed E-state index contributed by atoms with van der Waals surface area (Å²) in [6, 6.07) is 10.1. The van der Waals surface area contributed by atoms with Crippen molar-refractivity contribution in [3.63, 3.8) is 0 Å². The molecule has 0 aromatic heterocycles. The molecule has 7 heteroatoms. The van der Waals surface area contributed by atoms with Gasteiger partial charge in [-0.2, -0.15) is 13.2 Å². The molecule has 28 heavy (non-hydrogen) atoms. The molecular formula is C21H22ClF3NO2+. The highest BCUT2D eigenvalue weighted by atomic mass is 35.5. The topological polar surface area (TPSA) is 37.3 Å². The van der Waals surface area contributed by atoms with Gasteiger partial charge in [-0.1, -0.05) is 37.6 Å². The van der Waals surface area contributed by atoms with E-state index in [4.69, 9.17) is 11.6 Å². The van der Waals surface area contributed by atoms with Crippen molar-refractivity contribution in [2.24, 2.45) is 5.41 Å². The van der Waals surface area contributed by atoms with Crippen molar-refractivity contribution in [3.05, 3.63) is 69.7 Å². The third kappa shape index (κ3) is 4.09. The maximum Gasteiger partial charge on any atom is 0.416 e. The number of quaternary nitrogens is 1. The molecule has 3 rings (SSSR count). The first kappa shape index (κ1) is 20.8. The highest BCUT2D eigenvalue weighted by Crippen LogP contribution is 2.38. The van der Waals surface area contributed by atoms with Crippen LogP contribution < -0.4 is 0 Å². The van der Waals surface area contributed by atoms with Crippen LogP contribution in [0.2, 0.25) is 5.02 Å². The molecule has 1 aliphatic rings. The molecule has 1 heterocycles. The minimum absolute atomic E-state index is 0.0788. The van der Waals surface area contributed by atoms with E-state index in [1.165, 1.54) is 6.07 Å². The SMILES string of the molecule is CC(C)(CO)C[N+]1(Cc2cccc(C(F)(F)F)c2)Cc2cc(Cl)ccc2C1=O. The molecule has 0 spiro atoms. The summed E-state index contributed by atoms with van der Waals surface area (Å²) in [6.07, 6.45) is -4.45. The number of aliphatic hydroxyl groups excluding tert-OH is 1. The molecule has 0 aliphatic carbocycles. The molecule has 0 fully saturated rings. The molecule has 0 radical (unpaired) electrons. The average molecular weight is 413 g/mol. The van der Waals surface area contributed by atoms with Gasteiger partial charge in [0.2, 0.25) is 0 Å². The molecule has 1 unspecified atom stereocenters. The normalized spacial score (nSPS) is 19.8. The monoisotopic (exact) mass is 412 g/mol. The van der Waals surface area contributed by atoms with Gasteiger partial charge >= 0.3 is 12.1 Å². The fraction of sp³-hybridized carbons (Fsp3) is 0.381. The van der Waals surface area contributed by atoms with Crippen molar-refractivity contribution in [1.82, 2.24) is 0 Å². The third-order valence-electron chi connectivity index (χ3n) is 5.10. The number of rotatable bonds is 5. The minimum atomic E-state index is -4.45. The number of aliphatic hydroxyl groups is 1. The second-order valence-electron chi connectivity index (χ2n) is 8.25. The summed E-state index contributed by atoms with van der Waals surface area (Å²) in [4.78, 5) is 13.3. The summed E-state index contributed by atoms with van der Waals surface area (Å²) in [5.41, 5.74) is 0.416. The Morgan fingerprint density at radius 2 is 1.86 bits per heavy atom. The van der Waals surface area contributed by atoms with E-state index in [0.717, 1.165) is 17.7 Å². The molecule has 0 bridgehead atoms. The summed E-state index contributed by atoms with van der Waals surface area (Å²) < 4.78 is 39.3. The quantitative estimate of drug-likeness (QED) is 0.698. The van der Waals surface area contributed by atoms with E-state index < -0.39 is 17.2 Å². The minimum Gasteiger partial charge on any atom is -0.396 e. The zero-order valence-corrected chi connectivity index (χ0v) is 16.4. The summed E-state index contributed by atoms with van der Waals surface area (Å²) >= 11 is 6.07. The summed E-state index contributed by atoms with van der Waals surface area (Å²) in [5.74, 6) is -0.161. The van der Waals surface area contributed by atoms with Crippen molar-refractivity contribution < 1.29 is 27.6 Å². The Kier molecular flexibility index (Phi) is 5.34. The van der Waals surface area contributed by atoms with Gasteiger partial charge in [0.15, 0.2) is 0 Å². The number of hydrogen-bond donors (Lipinski definition) is 1. The maximum atomic E-state index is 13.3. The maximum absolute atomic E-state index is 13.3. The highest BCUT2D eigenvalue weighted by Gasteiger charge is 2.48. The lowest BCUT2D eigenvalue weighted by atomic mass is 9.92. The largest absolute Gasteiger partial charge is 0.416 e. The Morgan fingerprint density at radius 1 is 1.14 bits per heavy atom. The van der Waals surface area contributed by atoms with E-state index >= 15 is 0 Å². The highest BCUT2D eigenvalue weighted by molar-refractivity contribution is 6.30. The van der Waals surface area contributed by atoms with Crippen LogP contribution in [-0.2, 0) is 19.3 Å². The van der Waals surface area contributed by atoms with E-state index in [2.05, 4.69) is 0 Å². The van der Waals surface area contributed by atoms with Gasteiger partial charge in [0, 0.05) is 21.6 Å². The average Bonchev–Trinajstić information content (AvgIpc) is 2.85. The fourth-order valence-corrected chi connectivity index (χ4v) is 4.13. The van der Waals surface area contributed by atoms with Crippen LogP contribution in [0, 0.1) is 5.41 Å². The lowest BCUT2D eigenvalue weighted by Gasteiger charge is -2.37. The Morgan fingerprint density at radius 3 is 2.50 bits per heavy atom. The molecule has 0 saturated heterocycles. The smallest absolute Gasteiger partial charge is 0.396 e. The number of benzene rings is 2. The number of fused-ring (bicyclic) bond motifs is 1. The van der Waals surface area contributed by atoms with Gasteiger partial charge < -0.3 is 5.11 Å². The summed E-state index contributed by atoms with van der Waals surface area (Å²) in [7, 11) is 0. The van der Waals surface area contributed by atoms with Gasteiger partial charge in [0.1, 0.15) is 13.1 Å². The number of carbonyl (C=O) groups is 1. The molecule has 0 saturated carbocycles. The van der Waals surface area contributed by atoms with Crippen LogP contribution >= 0.6 is 11.6 Å². The van der Waals surface area contributed by atoms with E-state index in [1.54, 1.807) is 24.3 Å². The molecule has 150 valence electrons. The molecule has 1 aliphatic heterocycles. The van der Waals surface area contributed by atoms with Gasteiger partial charge in [0.05, 0.1) is 24.3 Å². The Labute approximate surface area is 166 Å². The number of carbonyl (C=O) groups excluding carboxylic acids is 1. The van der Waals surface area contributed by atoms with E-state index in [9.17, 15) is 23.1 Å². The molecule has 2 aromatic rings. The van der Waals surface area contributed by atoms with Gasteiger partial charge in [-0.05, 0) is 30.3 Å². The molecule has 1 amide bonds. The summed E-state index contributed by atoms with van der Waals surface area (Å²) in [6.45, 7) is 4.27. The van der Waals surface area contributed by atoms with Crippen LogP contribution in [0.5, 0.6) is 0 Å². The number of alkyl halides is 3. The fourth-order valence-electron chi connectivity index (χ4n) is 3.93. The molecule has 1 atom stereocenters. The zero-order chi connectivity index (χ0) is 20.7. The number of halogens is 4. The first-order valence-corrected chi connectivity index (χ1v) is 9.30. The second kappa shape index (κ2) is 7.17. The second-order valence-corrected chi connectivity index (χ2v) is 8.68. The first-order valence-electron chi connectivity index (χ1n) is 8.92. The Bertz CT molecular complexity index is 911. The standard InChI is InChI=1S/C21H22ClF3NO2/c1-20(2,13-27)12-26(10-14-4-3-5-16(8-14)21(23,24)25)11-15-9-17(22)6-7-18(15)19(26)28/h3-9,27H,10-13H2,1-2H3/q+1. The van der Waals surface area contributed by atoms with Crippen molar-refractivity contribution >= 4 is 17.5 Å². The van der Waals surface area contributed by atoms with Crippen LogP contribution in [0.3, 0.4) is 0 Å². The van der Waals surface area contributed by atoms with Crippen molar-refractivity contribution in [2.45, 2.75) is 33.1 Å². The van der Waals surface area contributed by atoms with E-state index in [-0.39, 0.29) is 23.5 Å². The Balaban J connectivity index is 2.04. The lowest BCUT2D eigenvalue weighted by molar-refractivity contribution is -0.878. The van der Waals surface area contributed by atoms with Crippen LogP contribution in [0.15, 0.2) is 42.5 Å². The number of amides is 1. The predicted molar refractivity (Wildman–Crippen MR) is 101 cm³/mol. The summed E-state index contributed by atoms with van der Waals surface area (Å²) in [5, 5.41) is 10.2. The van der Waals surface area contributed by atoms with E-state index in [1.807, 2.05) is 13.8 Å². The molecular weight excluding hydrogens is 391 g/mol. The van der Waals surface area contributed by atoms with Gasteiger partial charge in [-0.15, -0.1) is 0 Å². The third-order valence-corrected chi connectivity index (χ3v) is 5.33. The van der Waals surface area contributed by atoms with Crippen molar-refractivity contribution in [1.29, 1.82) is 0 Å². The Hall–Kier alpha value is -1.89. The zero-order valence-electron chi connectivity index (χ0n) is 15.7. The van der Waals surface area contributed by atoms with Gasteiger partial charge in [-0.25, -0.2) is 9.28 Å². The van der Waals surface area contributed by atoms with Crippen LogP contribution in [-0.4, -0.2) is 28.6 Å². The van der Waals surface area contributed by atoms with Crippen molar-refractivity contribution in [2.75, 3.05) is 13.2 Å². The van der Waals surface area contributed by atoms with E-state index in [0.29, 0.717) is 29.2 Å². The van der Waals surface area contributed by atoms with Crippen LogP contribution in [0.4, 0.5) is 13.2 Å². The molecule has 3 nitrogen and oxygen atoms in total. The molecule has 1 N–H and O–H groups in total. The number of hydrogen-bond acceptors (Lipinski definition) is 2. The van der Waals surface area contributed by atoms with Gasteiger partial charge in [-0.3, -0.25) is 0 Å². The predicted octanol–water partition coefficient (Wildman–Crippen LogP) is 5.05. The first-order chi connectivity index (χ1) is 13.0. The number of nitrogens with zero attached hydrogens (tertiary/aromatic N) is 1. The molecule has 2 aromatic carbocycles.